The highest BCUT2D eigenvalue weighted by atomic mass is 16.6. The minimum atomic E-state index is -0.355. The van der Waals surface area contributed by atoms with Gasteiger partial charge in [-0.05, 0) is 30.5 Å². The Morgan fingerprint density at radius 2 is 2.04 bits per heavy atom. The van der Waals surface area contributed by atoms with Crippen molar-refractivity contribution in [3.8, 4) is 0 Å². The summed E-state index contributed by atoms with van der Waals surface area (Å²) < 4.78 is 0. The molecule has 0 amide bonds. The number of nitrogens with zero attached hydrogens (tertiary/aromatic N) is 3. The lowest BCUT2D eigenvalue weighted by atomic mass is 10.2. The van der Waals surface area contributed by atoms with E-state index in [0.717, 1.165) is 35.4 Å². The average Bonchev–Trinajstić information content (AvgIpc) is 3.30. The Morgan fingerprint density at radius 3 is 2.78 bits per heavy atom. The second kappa shape index (κ2) is 5.39. The summed E-state index contributed by atoms with van der Waals surface area (Å²) in [6, 6.07) is 15.2. The van der Waals surface area contributed by atoms with Gasteiger partial charge in [0.05, 0.1) is 16.0 Å². The van der Waals surface area contributed by atoms with E-state index in [1.165, 1.54) is 6.07 Å². The third-order valence-electron chi connectivity index (χ3n) is 4.11. The summed E-state index contributed by atoms with van der Waals surface area (Å²) in [5.41, 5.74) is 2.99. The summed E-state index contributed by atoms with van der Waals surface area (Å²) in [5.74, 6) is 0.834. The number of fused-ring (bicyclic) bond motifs is 1. The SMILES string of the molecule is O=[N+]([O-])c1cccc(CN(c2nc3ccccc3[nH]2)C2CC2)c1. The van der Waals surface area contributed by atoms with Gasteiger partial charge in [-0.25, -0.2) is 4.98 Å². The summed E-state index contributed by atoms with van der Waals surface area (Å²) in [4.78, 5) is 20.8. The van der Waals surface area contributed by atoms with E-state index in [-0.39, 0.29) is 10.6 Å². The number of para-hydroxylation sites is 2. The number of hydrogen-bond donors (Lipinski definition) is 1. The number of aromatic amines is 1. The molecule has 0 atom stereocenters. The summed E-state index contributed by atoms with van der Waals surface area (Å²) >= 11 is 0. The van der Waals surface area contributed by atoms with Gasteiger partial charge in [0, 0.05) is 24.7 Å². The first kappa shape index (κ1) is 13.8. The smallest absolute Gasteiger partial charge is 0.269 e. The maximum atomic E-state index is 10.9. The number of non-ortho nitro benzene ring substituents is 1. The molecule has 1 saturated carbocycles. The topological polar surface area (TPSA) is 75.1 Å². The van der Waals surface area contributed by atoms with Gasteiger partial charge in [-0.15, -0.1) is 0 Å². The Morgan fingerprint density at radius 1 is 1.22 bits per heavy atom. The van der Waals surface area contributed by atoms with Gasteiger partial charge in [0.15, 0.2) is 0 Å². The number of rotatable bonds is 5. The van der Waals surface area contributed by atoms with E-state index >= 15 is 0 Å². The Balaban J connectivity index is 1.66. The molecule has 6 nitrogen and oxygen atoms in total. The number of imidazole rings is 1. The van der Waals surface area contributed by atoms with Gasteiger partial charge in [-0.2, -0.15) is 0 Å². The highest BCUT2D eigenvalue weighted by molar-refractivity contribution is 5.77. The molecular weight excluding hydrogens is 292 g/mol. The van der Waals surface area contributed by atoms with E-state index in [2.05, 4.69) is 14.9 Å². The molecule has 2 aromatic carbocycles. The molecule has 0 saturated heterocycles. The van der Waals surface area contributed by atoms with Crippen molar-refractivity contribution < 1.29 is 4.92 Å². The van der Waals surface area contributed by atoms with Crippen molar-refractivity contribution in [2.24, 2.45) is 0 Å². The third-order valence-corrected chi connectivity index (χ3v) is 4.11. The number of H-pyrrole nitrogens is 1. The van der Waals surface area contributed by atoms with Crippen LogP contribution in [0.2, 0.25) is 0 Å². The Labute approximate surface area is 132 Å². The zero-order chi connectivity index (χ0) is 15.8. The molecule has 3 aromatic rings. The zero-order valence-corrected chi connectivity index (χ0v) is 12.5. The van der Waals surface area contributed by atoms with Crippen LogP contribution in [0, 0.1) is 10.1 Å². The first-order valence-corrected chi connectivity index (χ1v) is 7.65. The predicted octanol–water partition coefficient (Wildman–Crippen LogP) is 3.64. The van der Waals surface area contributed by atoms with Crippen molar-refractivity contribution in [3.63, 3.8) is 0 Å². The van der Waals surface area contributed by atoms with E-state index in [0.29, 0.717) is 12.6 Å². The first-order valence-electron chi connectivity index (χ1n) is 7.65. The van der Waals surface area contributed by atoms with E-state index < -0.39 is 0 Å². The lowest BCUT2D eigenvalue weighted by molar-refractivity contribution is -0.384. The molecule has 4 rings (SSSR count). The van der Waals surface area contributed by atoms with E-state index in [1.54, 1.807) is 12.1 Å². The van der Waals surface area contributed by atoms with Gasteiger partial charge < -0.3 is 9.88 Å². The number of anilines is 1. The van der Waals surface area contributed by atoms with Crippen molar-refractivity contribution >= 4 is 22.7 Å². The second-order valence-corrected chi connectivity index (χ2v) is 5.86. The molecule has 1 fully saturated rings. The van der Waals surface area contributed by atoms with Gasteiger partial charge in [0.25, 0.3) is 5.69 Å². The fourth-order valence-electron chi connectivity index (χ4n) is 2.80. The molecule has 1 aromatic heterocycles. The zero-order valence-electron chi connectivity index (χ0n) is 12.5. The van der Waals surface area contributed by atoms with E-state index in [1.807, 2.05) is 30.3 Å². The molecule has 1 N–H and O–H groups in total. The number of nitro benzene ring substituents is 1. The quantitative estimate of drug-likeness (QED) is 0.577. The number of nitro groups is 1. The summed E-state index contributed by atoms with van der Waals surface area (Å²) in [5, 5.41) is 10.9. The number of nitrogens with one attached hydrogen (secondary N) is 1. The van der Waals surface area contributed by atoms with Gasteiger partial charge >= 0.3 is 0 Å². The molecule has 1 aliphatic rings. The van der Waals surface area contributed by atoms with Gasteiger partial charge in [-0.1, -0.05) is 24.3 Å². The maximum absolute atomic E-state index is 10.9. The Hall–Kier alpha value is -2.89. The van der Waals surface area contributed by atoms with Crippen LogP contribution < -0.4 is 4.90 Å². The lowest BCUT2D eigenvalue weighted by Crippen LogP contribution is -2.26. The Kier molecular flexibility index (Phi) is 3.22. The standard InChI is InChI=1S/C17H16N4O2/c22-21(23)14-5-3-4-12(10-14)11-20(13-8-9-13)17-18-15-6-1-2-7-16(15)19-17/h1-7,10,13H,8-9,11H2,(H,18,19). The highest BCUT2D eigenvalue weighted by Gasteiger charge is 2.31. The third kappa shape index (κ3) is 2.75. The minimum Gasteiger partial charge on any atom is -0.335 e. The van der Waals surface area contributed by atoms with Crippen LogP contribution in [0.4, 0.5) is 11.6 Å². The summed E-state index contributed by atoms with van der Waals surface area (Å²) in [6.45, 7) is 0.617. The van der Waals surface area contributed by atoms with Crippen molar-refractivity contribution in [1.82, 2.24) is 9.97 Å². The summed E-state index contributed by atoms with van der Waals surface area (Å²) in [6.07, 6.45) is 2.26. The molecule has 6 heteroatoms. The van der Waals surface area contributed by atoms with Crippen molar-refractivity contribution in [1.29, 1.82) is 0 Å². The molecule has 116 valence electrons. The molecule has 0 aliphatic heterocycles. The number of aromatic nitrogens is 2. The fraction of sp³-hybridized carbons (Fsp3) is 0.235. The summed E-state index contributed by atoms with van der Waals surface area (Å²) in [7, 11) is 0. The van der Waals surface area contributed by atoms with E-state index in [9.17, 15) is 10.1 Å². The fourth-order valence-corrected chi connectivity index (χ4v) is 2.80. The second-order valence-electron chi connectivity index (χ2n) is 5.86. The van der Waals surface area contributed by atoms with Crippen molar-refractivity contribution in [2.45, 2.75) is 25.4 Å². The largest absolute Gasteiger partial charge is 0.335 e. The molecule has 0 unspecified atom stereocenters. The number of benzene rings is 2. The lowest BCUT2D eigenvalue weighted by Gasteiger charge is -2.21. The van der Waals surface area contributed by atoms with E-state index in [4.69, 9.17) is 0 Å². The molecule has 23 heavy (non-hydrogen) atoms. The first-order chi connectivity index (χ1) is 11.2. The normalized spacial score (nSPS) is 14.1. The van der Waals surface area contributed by atoms with Crippen LogP contribution in [0.5, 0.6) is 0 Å². The molecule has 1 heterocycles. The predicted molar refractivity (Wildman–Crippen MR) is 88.4 cm³/mol. The molecule has 1 aliphatic carbocycles. The Bertz CT molecular complexity index is 837. The van der Waals surface area contributed by atoms with Crippen molar-refractivity contribution in [3.05, 3.63) is 64.2 Å². The van der Waals surface area contributed by atoms with Crippen LogP contribution in [-0.4, -0.2) is 20.9 Å². The molecule has 0 spiro atoms. The van der Waals surface area contributed by atoms with Gasteiger partial charge in [0.1, 0.15) is 0 Å². The van der Waals surface area contributed by atoms with Crippen LogP contribution in [0.3, 0.4) is 0 Å². The van der Waals surface area contributed by atoms with Gasteiger partial charge in [-0.3, -0.25) is 10.1 Å². The van der Waals surface area contributed by atoms with Crippen LogP contribution in [0.25, 0.3) is 11.0 Å². The van der Waals surface area contributed by atoms with Crippen LogP contribution in [0.1, 0.15) is 18.4 Å². The average molecular weight is 308 g/mol. The molecule has 0 bridgehead atoms. The van der Waals surface area contributed by atoms with Crippen molar-refractivity contribution in [2.75, 3.05) is 4.90 Å². The van der Waals surface area contributed by atoms with Gasteiger partial charge in [0.2, 0.25) is 5.95 Å². The monoisotopic (exact) mass is 308 g/mol. The minimum absolute atomic E-state index is 0.128. The number of hydrogen-bond acceptors (Lipinski definition) is 4. The maximum Gasteiger partial charge on any atom is 0.269 e. The van der Waals surface area contributed by atoms with Crippen LogP contribution >= 0.6 is 0 Å². The molecular formula is C17H16N4O2. The van der Waals surface area contributed by atoms with Crippen LogP contribution in [-0.2, 0) is 6.54 Å². The highest BCUT2D eigenvalue weighted by Crippen LogP contribution is 2.33. The molecule has 0 radical (unpaired) electrons. The van der Waals surface area contributed by atoms with Crippen LogP contribution in [0.15, 0.2) is 48.5 Å².